The number of tetrazole rings is 1. The molecule has 0 amide bonds. The van der Waals surface area contributed by atoms with Crippen LogP contribution in [-0.4, -0.2) is 50.7 Å². The van der Waals surface area contributed by atoms with Gasteiger partial charge >= 0.3 is 18.5 Å². The molecule has 1 aliphatic carbocycles. The fraction of sp³-hybridized carbons (Fsp3) is 0.517. The summed E-state index contributed by atoms with van der Waals surface area (Å²) in [7, 11) is 0. The summed E-state index contributed by atoms with van der Waals surface area (Å²) in [6, 6.07) is 4.54. The first kappa shape index (κ1) is 32.3. The molecule has 2 aliphatic rings. The molecule has 0 saturated heterocycles. The number of benzene rings is 2. The molecule has 16 heteroatoms. The third-order valence-corrected chi connectivity index (χ3v) is 7.62. The number of hydrogen-bond acceptors (Lipinski definition) is 9. The fourth-order valence-corrected chi connectivity index (χ4v) is 5.80. The Morgan fingerprint density at radius 2 is 1.78 bits per heavy atom. The van der Waals surface area contributed by atoms with Crippen LogP contribution in [0.5, 0.6) is 0 Å². The highest BCUT2D eigenvalue weighted by Crippen LogP contribution is 2.45. The number of carbonyl (C=O) groups is 1. The highest BCUT2D eigenvalue weighted by Gasteiger charge is 2.39. The Morgan fingerprint density at radius 1 is 1.07 bits per heavy atom. The number of hydrogen-bond donors (Lipinski definition) is 1. The van der Waals surface area contributed by atoms with Crippen molar-refractivity contribution in [3.63, 3.8) is 0 Å². The summed E-state index contributed by atoms with van der Waals surface area (Å²) in [5.41, 5.74) is 0.0701. The number of halogens is 6. The minimum absolute atomic E-state index is 0.0308. The lowest BCUT2D eigenvalue weighted by Gasteiger charge is -2.33. The summed E-state index contributed by atoms with van der Waals surface area (Å²) in [5.74, 6) is -0.0561. The van der Waals surface area contributed by atoms with Crippen molar-refractivity contribution in [3.05, 3.63) is 63.7 Å². The number of nitrogens with zero attached hydrogens (tertiary/aromatic N) is 6. The van der Waals surface area contributed by atoms with Gasteiger partial charge in [-0.05, 0) is 86.1 Å². The van der Waals surface area contributed by atoms with E-state index < -0.39 is 48.3 Å². The van der Waals surface area contributed by atoms with Crippen molar-refractivity contribution in [1.82, 2.24) is 20.2 Å². The predicted molar refractivity (Wildman–Crippen MR) is 148 cm³/mol. The Morgan fingerprint density at radius 3 is 2.42 bits per heavy atom. The normalized spacial score (nSPS) is 16.8. The molecule has 0 bridgehead atoms. The topological polar surface area (TPSA) is 106 Å². The second kappa shape index (κ2) is 12.7. The number of hydroxylamine groups is 1. The molecule has 244 valence electrons. The van der Waals surface area contributed by atoms with Crippen LogP contribution in [0.2, 0.25) is 0 Å². The number of alkyl halides is 6. The number of aryl methyl sites for hydroxylation is 1. The van der Waals surface area contributed by atoms with Crippen LogP contribution in [0.4, 0.5) is 42.8 Å². The molecule has 1 aromatic heterocycles. The van der Waals surface area contributed by atoms with Gasteiger partial charge in [0, 0.05) is 12.1 Å². The molecule has 3 aromatic rings. The van der Waals surface area contributed by atoms with Gasteiger partial charge in [0.25, 0.3) is 5.95 Å². The Bertz CT molecular complexity index is 1490. The lowest BCUT2D eigenvalue weighted by molar-refractivity contribution is -0.143. The second-order valence-corrected chi connectivity index (χ2v) is 11.2. The van der Waals surface area contributed by atoms with E-state index >= 15 is 0 Å². The van der Waals surface area contributed by atoms with Crippen LogP contribution >= 0.6 is 0 Å². The summed E-state index contributed by atoms with van der Waals surface area (Å²) >= 11 is 0. The van der Waals surface area contributed by atoms with Crippen molar-refractivity contribution in [2.75, 3.05) is 23.1 Å². The van der Waals surface area contributed by atoms with Gasteiger partial charge in [0.2, 0.25) is 0 Å². The number of ether oxygens (including phenoxy) is 1. The molecule has 1 atom stereocenters. The average Bonchev–Trinajstić information content (AvgIpc) is 3.58. The summed E-state index contributed by atoms with van der Waals surface area (Å²) in [4.78, 5) is 20.8. The number of aliphatic hydroxyl groups is 1. The predicted octanol–water partition coefficient (Wildman–Crippen LogP) is 6.02. The zero-order valence-electron chi connectivity index (χ0n) is 24.5. The molecule has 1 N–H and O–H groups in total. The number of aliphatic hydroxyl groups excluding tert-OH is 1. The maximum atomic E-state index is 13.7. The van der Waals surface area contributed by atoms with Crippen molar-refractivity contribution >= 4 is 17.8 Å². The molecule has 2 aromatic carbocycles. The Balaban J connectivity index is 1.63. The third-order valence-electron chi connectivity index (χ3n) is 7.62. The lowest BCUT2D eigenvalue weighted by Crippen LogP contribution is -2.32. The molecule has 5 rings (SSSR count). The van der Waals surface area contributed by atoms with Crippen LogP contribution in [0.15, 0.2) is 30.3 Å². The van der Waals surface area contributed by atoms with E-state index in [1.54, 1.807) is 13.8 Å². The molecule has 10 nitrogen and oxygen atoms in total. The van der Waals surface area contributed by atoms with E-state index in [-0.39, 0.29) is 37.3 Å². The minimum atomic E-state index is -5.03. The molecule has 45 heavy (non-hydrogen) atoms. The van der Waals surface area contributed by atoms with E-state index in [9.17, 15) is 36.2 Å². The Labute approximate surface area is 254 Å². The van der Waals surface area contributed by atoms with E-state index in [4.69, 9.17) is 9.57 Å². The van der Waals surface area contributed by atoms with Gasteiger partial charge in [-0.25, -0.2) is 9.86 Å². The Kier molecular flexibility index (Phi) is 9.14. The SMILES string of the molecule is CC(C)OC(=O)ON1CCC[C@H](N(Cc2cc(C(F)(F)F)cc(C(F)(F)F)c2)c2nnn(CCO)n2)c2ccc3c(c21)CCC3. The number of rotatable bonds is 8. The van der Waals surface area contributed by atoms with Crippen LogP contribution in [0.1, 0.15) is 72.5 Å². The van der Waals surface area contributed by atoms with E-state index in [1.807, 2.05) is 12.1 Å². The van der Waals surface area contributed by atoms with Crippen LogP contribution < -0.4 is 9.96 Å². The largest absolute Gasteiger partial charge is 0.533 e. The highest BCUT2D eigenvalue weighted by atomic mass is 19.4. The van der Waals surface area contributed by atoms with E-state index in [0.29, 0.717) is 42.6 Å². The number of fused-ring (bicyclic) bond motifs is 3. The summed E-state index contributed by atoms with van der Waals surface area (Å²) in [5, 5.41) is 23.1. The monoisotopic (exact) mass is 642 g/mol. The molecule has 0 fully saturated rings. The van der Waals surface area contributed by atoms with E-state index in [2.05, 4.69) is 15.4 Å². The van der Waals surface area contributed by atoms with Crippen molar-refractivity contribution < 1.29 is 45.8 Å². The standard InChI is InChI=1S/C29H32F6N6O4/c1-17(2)44-27(43)45-40-10-4-7-24(23-9-8-19-5-3-6-22(19)25(23)40)39(26-36-38-41(37-26)11-12-42)16-18-13-20(28(30,31)32)15-21(14-18)29(33,34)35/h8-9,13-15,17,24,42H,3-7,10-12,16H2,1-2H3/t24-/m0/s1. The second-order valence-electron chi connectivity index (χ2n) is 11.2. The molecular formula is C29H32F6N6O4. The number of carbonyl (C=O) groups excluding carboxylic acids is 1. The van der Waals surface area contributed by atoms with E-state index in [0.717, 1.165) is 28.8 Å². The fourth-order valence-electron chi connectivity index (χ4n) is 5.80. The van der Waals surface area contributed by atoms with E-state index in [1.165, 1.54) is 9.96 Å². The van der Waals surface area contributed by atoms with Crippen LogP contribution in [-0.2, 0) is 47.9 Å². The maximum Gasteiger partial charge on any atom is 0.533 e. The molecule has 2 heterocycles. The lowest BCUT2D eigenvalue weighted by atomic mass is 9.94. The molecule has 0 radical (unpaired) electrons. The van der Waals surface area contributed by atoms with Gasteiger partial charge in [0.05, 0.1) is 48.7 Å². The van der Waals surface area contributed by atoms with Crippen LogP contribution in [0, 0.1) is 0 Å². The molecule has 0 spiro atoms. The molecule has 0 unspecified atom stereocenters. The van der Waals surface area contributed by atoms with Crippen molar-refractivity contribution in [3.8, 4) is 0 Å². The summed E-state index contributed by atoms with van der Waals surface area (Å²) < 4.78 is 87.7. The van der Waals surface area contributed by atoms with Gasteiger partial charge in [0.1, 0.15) is 0 Å². The Hall–Kier alpha value is -4.08. The third kappa shape index (κ3) is 7.26. The maximum absolute atomic E-state index is 13.7. The quantitative estimate of drug-likeness (QED) is 0.233. The smallest absolute Gasteiger partial charge is 0.430 e. The van der Waals surface area contributed by atoms with Gasteiger partial charge in [-0.1, -0.05) is 17.2 Å². The first-order chi connectivity index (χ1) is 21.2. The number of aromatic nitrogens is 4. The zero-order valence-corrected chi connectivity index (χ0v) is 24.5. The first-order valence-electron chi connectivity index (χ1n) is 14.5. The van der Waals surface area contributed by atoms with Crippen LogP contribution in [0.3, 0.4) is 0 Å². The van der Waals surface area contributed by atoms with Crippen molar-refractivity contribution in [2.24, 2.45) is 0 Å². The molecule has 0 saturated carbocycles. The summed E-state index contributed by atoms with van der Waals surface area (Å²) in [6.07, 6.45) is -8.30. The zero-order chi connectivity index (χ0) is 32.5. The van der Waals surface area contributed by atoms with Crippen molar-refractivity contribution in [1.29, 1.82) is 0 Å². The molecular weight excluding hydrogens is 610 g/mol. The molecule has 1 aliphatic heterocycles. The van der Waals surface area contributed by atoms with Gasteiger partial charge in [0.15, 0.2) is 0 Å². The van der Waals surface area contributed by atoms with Gasteiger partial charge in [-0.3, -0.25) is 0 Å². The van der Waals surface area contributed by atoms with Crippen LogP contribution in [0.25, 0.3) is 0 Å². The average molecular weight is 643 g/mol. The summed E-state index contributed by atoms with van der Waals surface area (Å²) in [6.45, 7) is 2.82. The van der Waals surface area contributed by atoms with Crippen molar-refractivity contribution in [2.45, 2.75) is 83.5 Å². The highest BCUT2D eigenvalue weighted by molar-refractivity contribution is 5.69. The van der Waals surface area contributed by atoms with Gasteiger partial charge in [-0.2, -0.15) is 31.1 Å². The van der Waals surface area contributed by atoms with Gasteiger partial charge < -0.3 is 19.6 Å². The number of anilines is 2. The first-order valence-corrected chi connectivity index (χ1v) is 14.5. The minimum Gasteiger partial charge on any atom is -0.430 e. The van der Waals surface area contributed by atoms with Gasteiger partial charge in [-0.15, -0.1) is 5.10 Å².